The molecule has 2 N–H and O–H groups in total. The summed E-state index contributed by atoms with van der Waals surface area (Å²) in [7, 11) is 0. The molecule has 0 radical (unpaired) electrons. The Bertz CT molecular complexity index is 679. The molecule has 0 saturated heterocycles. The van der Waals surface area contributed by atoms with Crippen LogP contribution in [0.25, 0.3) is 0 Å². The summed E-state index contributed by atoms with van der Waals surface area (Å²) in [5, 5.41) is 10.2. The Kier molecular flexibility index (Phi) is 5.62. The van der Waals surface area contributed by atoms with Crippen molar-refractivity contribution in [1.82, 2.24) is 15.1 Å². The Morgan fingerprint density at radius 3 is 2.65 bits per heavy atom. The first-order chi connectivity index (χ1) is 11.1. The summed E-state index contributed by atoms with van der Waals surface area (Å²) in [5.74, 6) is 0.663. The van der Waals surface area contributed by atoms with E-state index in [0.717, 1.165) is 23.5 Å². The normalized spacial score (nSPS) is 10.4. The molecule has 0 atom stereocenters. The Morgan fingerprint density at radius 2 is 2.00 bits per heavy atom. The molecule has 1 heterocycles. The van der Waals surface area contributed by atoms with E-state index in [1.165, 1.54) is 0 Å². The van der Waals surface area contributed by atoms with Crippen LogP contribution in [0.15, 0.2) is 24.3 Å². The fraction of sp³-hybridized carbons (Fsp3) is 0.412. The zero-order valence-electron chi connectivity index (χ0n) is 14.1. The summed E-state index contributed by atoms with van der Waals surface area (Å²) in [6.07, 6.45) is 0. The van der Waals surface area contributed by atoms with Crippen molar-refractivity contribution >= 4 is 11.7 Å². The summed E-state index contributed by atoms with van der Waals surface area (Å²) in [6, 6.07) is 7.12. The molecule has 6 heteroatoms. The number of hydrogen-bond acceptors (Lipinski definition) is 3. The van der Waals surface area contributed by atoms with Crippen LogP contribution in [0.3, 0.4) is 0 Å². The van der Waals surface area contributed by atoms with Crippen LogP contribution >= 0.6 is 0 Å². The number of ether oxygens (including phenoxy) is 1. The number of nitrogens with one attached hydrogen (secondary N) is 2. The van der Waals surface area contributed by atoms with Crippen LogP contribution in [0.2, 0.25) is 0 Å². The van der Waals surface area contributed by atoms with Gasteiger partial charge in [0.25, 0.3) is 0 Å². The predicted molar refractivity (Wildman–Crippen MR) is 90.8 cm³/mol. The quantitative estimate of drug-likeness (QED) is 0.859. The third kappa shape index (κ3) is 4.03. The molecule has 0 aliphatic heterocycles. The van der Waals surface area contributed by atoms with Gasteiger partial charge in [-0.2, -0.15) is 5.10 Å². The number of carbonyl (C=O) groups excluding carboxylic acids is 1. The summed E-state index contributed by atoms with van der Waals surface area (Å²) < 4.78 is 7.44. The Morgan fingerprint density at radius 1 is 1.26 bits per heavy atom. The monoisotopic (exact) mass is 316 g/mol. The summed E-state index contributed by atoms with van der Waals surface area (Å²) in [4.78, 5) is 12.1. The third-order valence-electron chi connectivity index (χ3n) is 3.69. The Balaban J connectivity index is 2.00. The molecule has 2 rings (SSSR count). The topological polar surface area (TPSA) is 68.2 Å². The number of rotatable bonds is 6. The number of anilines is 1. The fourth-order valence-corrected chi connectivity index (χ4v) is 2.48. The van der Waals surface area contributed by atoms with Gasteiger partial charge in [-0.3, -0.25) is 4.68 Å². The van der Waals surface area contributed by atoms with Gasteiger partial charge in [-0.15, -0.1) is 0 Å². The third-order valence-corrected chi connectivity index (χ3v) is 3.69. The van der Waals surface area contributed by atoms with E-state index in [9.17, 15) is 4.79 Å². The molecular weight excluding hydrogens is 292 g/mol. The Labute approximate surface area is 136 Å². The number of nitrogens with zero attached hydrogens (tertiary/aromatic N) is 2. The number of urea groups is 1. The Hall–Kier alpha value is -2.50. The lowest BCUT2D eigenvalue weighted by Crippen LogP contribution is -2.28. The summed E-state index contributed by atoms with van der Waals surface area (Å²) in [6.45, 7) is 9.75. The maximum atomic E-state index is 12.1. The lowest BCUT2D eigenvalue weighted by atomic mass is 10.2. The second-order valence-electron chi connectivity index (χ2n) is 5.20. The average Bonchev–Trinajstić information content (AvgIpc) is 2.81. The van der Waals surface area contributed by atoms with Gasteiger partial charge in [0.1, 0.15) is 5.75 Å². The molecule has 1 aromatic carbocycles. The van der Waals surface area contributed by atoms with Gasteiger partial charge in [0.05, 0.1) is 18.0 Å². The molecular formula is C17H24N4O2. The van der Waals surface area contributed by atoms with Crippen molar-refractivity contribution in [3.8, 4) is 5.75 Å². The molecule has 0 saturated carbocycles. The predicted octanol–water partition coefficient (Wildman–Crippen LogP) is 3.24. The number of benzene rings is 1. The smallest absolute Gasteiger partial charge is 0.319 e. The molecule has 0 spiro atoms. The highest BCUT2D eigenvalue weighted by molar-refractivity contribution is 5.90. The minimum atomic E-state index is -0.264. The zero-order valence-corrected chi connectivity index (χ0v) is 14.1. The van der Waals surface area contributed by atoms with Crippen LogP contribution in [0.5, 0.6) is 5.75 Å². The van der Waals surface area contributed by atoms with Gasteiger partial charge < -0.3 is 15.4 Å². The molecule has 0 bridgehead atoms. The van der Waals surface area contributed by atoms with E-state index in [0.29, 0.717) is 24.6 Å². The van der Waals surface area contributed by atoms with Crippen LogP contribution in [0, 0.1) is 13.8 Å². The average molecular weight is 316 g/mol. The van der Waals surface area contributed by atoms with Crippen molar-refractivity contribution in [1.29, 1.82) is 0 Å². The second kappa shape index (κ2) is 7.67. The number of aryl methyl sites for hydroxylation is 2. The standard InChI is InChI=1S/C17H24N4O2/c1-5-21-13(4)14(12(3)20-21)11-18-17(22)19-15-9-7-8-10-16(15)23-6-2/h7-10H,5-6,11H2,1-4H3,(H2,18,19,22). The van der Waals surface area contributed by atoms with Crippen molar-refractivity contribution in [2.75, 3.05) is 11.9 Å². The minimum Gasteiger partial charge on any atom is -0.492 e. The number of para-hydroxylation sites is 2. The molecule has 0 fully saturated rings. The molecule has 124 valence electrons. The molecule has 0 unspecified atom stereocenters. The molecule has 0 aliphatic carbocycles. The lowest BCUT2D eigenvalue weighted by molar-refractivity contribution is 0.251. The van der Waals surface area contributed by atoms with E-state index in [-0.39, 0.29) is 6.03 Å². The van der Waals surface area contributed by atoms with Crippen molar-refractivity contribution in [2.45, 2.75) is 40.8 Å². The van der Waals surface area contributed by atoms with E-state index >= 15 is 0 Å². The summed E-state index contributed by atoms with van der Waals surface area (Å²) >= 11 is 0. The van der Waals surface area contributed by atoms with Gasteiger partial charge >= 0.3 is 6.03 Å². The SMILES string of the molecule is CCOc1ccccc1NC(=O)NCc1c(C)nn(CC)c1C. The molecule has 6 nitrogen and oxygen atoms in total. The van der Waals surface area contributed by atoms with Gasteiger partial charge in [0.2, 0.25) is 0 Å². The second-order valence-corrected chi connectivity index (χ2v) is 5.20. The zero-order chi connectivity index (χ0) is 16.8. The van der Waals surface area contributed by atoms with Gasteiger partial charge in [0.15, 0.2) is 0 Å². The highest BCUT2D eigenvalue weighted by atomic mass is 16.5. The van der Waals surface area contributed by atoms with Crippen molar-refractivity contribution in [2.24, 2.45) is 0 Å². The van der Waals surface area contributed by atoms with Crippen LogP contribution in [-0.4, -0.2) is 22.4 Å². The van der Waals surface area contributed by atoms with Crippen LogP contribution in [0.4, 0.5) is 10.5 Å². The van der Waals surface area contributed by atoms with Crippen molar-refractivity contribution < 1.29 is 9.53 Å². The highest BCUT2D eigenvalue weighted by Gasteiger charge is 2.12. The first-order valence-electron chi connectivity index (χ1n) is 7.86. The number of carbonyl (C=O) groups is 1. The van der Waals surface area contributed by atoms with Crippen LogP contribution in [0.1, 0.15) is 30.8 Å². The molecule has 23 heavy (non-hydrogen) atoms. The first kappa shape index (κ1) is 16.9. The van der Waals surface area contributed by atoms with E-state index in [4.69, 9.17) is 4.74 Å². The fourth-order valence-electron chi connectivity index (χ4n) is 2.48. The van der Waals surface area contributed by atoms with E-state index in [1.807, 2.05) is 56.6 Å². The first-order valence-corrected chi connectivity index (χ1v) is 7.86. The van der Waals surface area contributed by atoms with Gasteiger partial charge in [0, 0.05) is 24.3 Å². The summed E-state index contributed by atoms with van der Waals surface area (Å²) in [5.41, 5.74) is 3.74. The molecule has 0 aliphatic rings. The molecule has 2 aromatic rings. The van der Waals surface area contributed by atoms with Crippen LogP contribution in [-0.2, 0) is 13.1 Å². The van der Waals surface area contributed by atoms with Gasteiger partial charge in [-0.25, -0.2) is 4.79 Å². The molecule has 2 amide bonds. The van der Waals surface area contributed by atoms with Gasteiger partial charge in [-0.1, -0.05) is 12.1 Å². The minimum absolute atomic E-state index is 0.264. The largest absolute Gasteiger partial charge is 0.492 e. The van der Waals surface area contributed by atoms with E-state index < -0.39 is 0 Å². The van der Waals surface area contributed by atoms with Crippen molar-refractivity contribution in [3.05, 3.63) is 41.2 Å². The van der Waals surface area contributed by atoms with Crippen molar-refractivity contribution in [3.63, 3.8) is 0 Å². The maximum absolute atomic E-state index is 12.1. The van der Waals surface area contributed by atoms with E-state index in [2.05, 4.69) is 15.7 Å². The number of aromatic nitrogens is 2. The lowest BCUT2D eigenvalue weighted by Gasteiger charge is -2.12. The highest BCUT2D eigenvalue weighted by Crippen LogP contribution is 2.23. The van der Waals surface area contributed by atoms with Crippen LogP contribution < -0.4 is 15.4 Å². The number of hydrogen-bond donors (Lipinski definition) is 2. The molecule has 1 aromatic heterocycles. The van der Waals surface area contributed by atoms with Gasteiger partial charge in [-0.05, 0) is 39.8 Å². The maximum Gasteiger partial charge on any atom is 0.319 e. The van der Waals surface area contributed by atoms with E-state index in [1.54, 1.807) is 0 Å². The number of amides is 2.